The first-order valence-electron chi connectivity index (χ1n) is 5.08. The molecule has 1 atom stereocenters. The molecule has 2 heterocycles. The number of pyridine rings is 1. The lowest BCUT2D eigenvalue weighted by Gasteiger charge is -2.18. The van der Waals surface area contributed by atoms with E-state index in [9.17, 15) is 4.79 Å². The van der Waals surface area contributed by atoms with Crippen LogP contribution in [0.1, 0.15) is 6.42 Å². The molecular weight excluding hydrogens is 208 g/mol. The number of rotatable bonds is 2. The zero-order valence-electron chi connectivity index (χ0n) is 8.80. The van der Waals surface area contributed by atoms with Crippen LogP contribution in [-0.2, 0) is 4.74 Å². The molecule has 1 amide bonds. The van der Waals surface area contributed by atoms with Gasteiger partial charge in [0.1, 0.15) is 11.9 Å². The van der Waals surface area contributed by atoms with E-state index in [1.165, 1.54) is 0 Å². The Kier molecular flexibility index (Phi) is 2.80. The minimum atomic E-state index is -0.721. The smallest absolute Gasteiger partial charge is 0.404 e. The number of nitrogens with two attached hydrogens (primary N) is 2. The molecule has 1 aliphatic rings. The largest absolute Gasteiger partial charge is 0.444 e. The second-order valence-corrected chi connectivity index (χ2v) is 3.73. The molecule has 0 spiro atoms. The fourth-order valence-electron chi connectivity index (χ4n) is 1.86. The van der Waals surface area contributed by atoms with Gasteiger partial charge in [-0.2, -0.15) is 0 Å². The highest BCUT2D eigenvalue weighted by atomic mass is 16.6. The van der Waals surface area contributed by atoms with Gasteiger partial charge in [-0.05, 0) is 6.07 Å². The van der Waals surface area contributed by atoms with Gasteiger partial charge in [-0.15, -0.1) is 0 Å². The van der Waals surface area contributed by atoms with Crippen molar-refractivity contribution in [2.24, 2.45) is 5.73 Å². The normalized spacial score (nSPS) is 19.8. The molecule has 16 heavy (non-hydrogen) atoms. The van der Waals surface area contributed by atoms with Crippen molar-refractivity contribution in [1.82, 2.24) is 4.98 Å². The number of nitrogens with zero attached hydrogens (tertiary/aromatic N) is 2. The van der Waals surface area contributed by atoms with Crippen molar-refractivity contribution >= 4 is 17.6 Å². The minimum Gasteiger partial charge on any atom is -0.444 e. The Labute approximate surface area is 93.2 Å². The third-order valence-electron chi connectivity index (χ3n) is 2.56. The standard InChI is InChI=1S/C10H14N4O2/c11-9-5-7(1-3-13-9)14-4-2-8(6-14)16-10(12)15/h1,3,5,8H,2,4,6H2,(H2,11,13)(H2,12,15). The first kappa shape index (κ1) is 10.5. The number of carbonyl (C=O) groups is 1. The maximum absolute atomic E-state index is 10.6. The number of anilines is 2. The molecule has 0 aliphatic carbocycles. The molecule has 1 fully saturated rings. The van der Waals surface area contributed by atoms with Crippen LogP contribution in [-0.4, -0.2) is 30.3 Å². The van der Waals surface area contributed by atoms with Gasteiger partial charge in [-0.3, -0.25) is 0 Å². The van der Waals surface area contributed by atoms with Crippen LogP contribution in [0.4, 0.5) is 16.3 Å². The van der Waals surface area contributed by atoms with Crippen molar-refractivity contribution in [3.05, 3.63) is 18.3 Å². The molecule has 0 radical (unpaired) electrons. The van der Waals surface area contributed by atoms with Crippen LogP contribution in [0.15, 0.2) is 18.3 Å². The Morgan fingerprint density at radius 2 is 2.44 bits per heavy atom. The zero-order chi connectivity index (χ0) is 11.5. The third kappa shape index (κ3) is 2.33. The molecule has 1 aromatic rings. The van der Waals surface area contributed by atoms with Crippen LogP contribution < -0.4 is 16.4 Å². The van der Waals surface area contributed by atoms with Gasteiger partial charge in [0.2, 0.25) is 0 Å². The summed E-state index contributed by atoms with van der Waals surface area (Å²) in [6.45, 7) is 1.47. The van der Waals surface area contributed by atoms with Crippen LogP contribution in [0.3, 0.4) is 0 Å². The molecule has 1 aliphatic heterocycles. The van der Waals surface area contributed by atoms with Gasteiger partial charge in [0.25, 0.3) is 0 Å². The molecule has 1 saturated heterocycles. The van der Waals surface area contributed by atoms with Crippen molar-refractivity contribution in [2.75, 3.05) is 23.7 Å². The van der Waals surface area contributed by atoms with E-state index in [-0.39, 0.29) is 6.10 Å². The van der Waals surface area contributed by atoms with Crippen LogP contribution in [0, 0.1) is 0 Å². The second-order valence-electron chi connectivity index (χ2n) is 3.73. The SMILES string of the molecule is NC(=O)OC1CCN(c2ccnc(N)c2)C1. The highest BCUT2D eigenvalue weighted by Crippen LogP contribution is 2.22. The van der Waals surface area contributed by atoms with Crippen molar-refractivity contribution in [2.45, 2.75) is 12.5 Å². The average molecular weight is 222 g/mol. The van der Waals surface area contributed by atoms with Gasteiger partial charge in [-0.1, -0.05) is 0 Å². The van der Waals surface area contributed by atoms with Gasteiger partial charge in [0, 0.05) is 30.9 Å². The van der Waals surface area contributed by atoms with E-state index in [0.717, 1.165) is 18.7 Å². The molecule has 1 aromatic heterocycles. The molecular formula is C10H14N4O2. The van der Waals surface area contributed by atoms with Crippen LogP contribution in [0.25, 0.3) is 0 Å². The fraction of sp³-hybridized carbons (Fsp3) is 0.400. The van der Waals surface area contributed by atoms with Gasteiger partial charge in [0.05, 0.1) is 6.54 Å². The summed E-state index contributed by atoms with van der Waals surface area (Å²) in [5.41, 5.74) is 11.6. The molecule has 0 saturated carbocycles. The number of aromatic nitrogens is 1. The van der Waals surface area contributed by atoms with E-state index in [2.05, 4.69) is 9.88 Å². The van der Waals surface area contributed by atoms with Crippen LogP contribution in [0.5, 0.6) is 0 Å². The number of ether oxygens (including phenoxy) is 1. The van der Waals surface area contributed by atoms with E-state index in [4.69, 9.17) is 16.2 Å². The monoisotopic (exact) mass is 222 g/mol. The van der Waals surface area contributed by atoms with Crippen molar-refractivity contribution in [1.29, 1.82) is 0 Å². The third-order valence-corrected chi connectivity index (χ3v) is 2.56. The molecule has 4 N–H and O–H groups in total. The van der Waals surface area contributed by atoms with Crippen LogP contribution >= 0.6 is 0 Å². The van der Waals surface area contributed by atoms with Crippen molar-refractivity contribution in [3.63, 3.8) is 0 Å². The van der Waals surface area contributed by atoms with E-state index in [0.29, 0.717) is 12.4 Å². The number of hydrogen-bond acceptors (Lipinski definition) is 5. The van der Waals surface area contributed by atoms with E-state index in [1.807, 2.05) is 6.07 Å². The summed E-state index contributed by atoms with van der Waals surface area (Å²) >= 11 is 0. The quantitative estimate of drug-likeness (QED) is 0.752. The molecule has 6 heteroatoms. The Morgan fingerprint density at radius 1 is 1.62 bits per heavy atom. The molecule has 1 unspecified atom stereocenters. The number of carbonyl (C=O) groups excluding carboxylic acids is 1. The maximum Gasteiger partial charge on any atom is 0.404 e. The number of primary amides is 1. The van der Waals surface area contributed by atoms with Crippen molar-refractivity contribution < 1.29 is 9.53 Å². The lowest BCUT2D eigenvalue weighted by molar-refractivity contribution is 0.117. The van der Waals surface area contributed by atoms with E-state index >= 15 is 0 Å². The summed E-state index contributed by atoms with van der Waals surface area (Å²) in [5, 5.41) is 0. The van der Waals surface area contributed by atoms with Gasteiger partial charge in [-0.25, -0.2) is 9.78 Å². The Bertz CT molecular complexity index is 396. The molecule has 2 rings (SSSR count). The Hall–Kier alpha value is -1.98. The topological polar surface area (TPSA) is 94.5 Å². The Morgan fingerprint density at radius 3 is 3.12 bits per heavy atom. The van der Waals surface area contributed by atoms with Gasteiger partial charge >= 0.3 is 6.09 Å². The molecule has 86 valence electrons. The fourth-order valence-corrected chi connectivity index (χ4v) is 1.86. The maximum atomic E-state index is 10.6. The number of hydrogen-bond donors (Lipinski definition) is 2. The Balaban J connectivity index is 2.00. The van der Waals surface area contributed by atoms with Gasteiger partial charge < -0.3 is 21.1 Å². The lowest BCUT2D eigenvalue weighted by Crippen LogP contribution is -2.27. The van der Waals surface area contributed by atoms with Gasteiger partial charge in [0.15, 0.2) is 0 Å². The first-order chi connectivity index (χ1) is 7.65. The number of nitrogen functional groups attached to an aromatic ring is 1. The molecule has 6 nitrogen and oxygen atoms in total. The lowest BCUT2D eigenvalue weighted by atomic mass is 10.3. The first-order valence-corrected chi connectivity index (χ1v) is 5.08. The summed E-state index contributed by atoms with van der Waals surface area (Å²) < 4.78 is 4.94. The zero-order valence-corrected chi connectivity index (χ0v) is 8.80. The molecule has 0 aromatic carbocycles. The highest BCUT2D eigenvalue weighted by molar-refractivity contribution is 5.65. The van der Waals surface area contributed by atoms with Crippen molar-refractivity contribution in [3.8, 4) is 0 Å². The summed E-state index contributed by atoms with van der Waals surface area (Å²) in [4.78, 5) is 16.6. The molecule has 0 bridgehead atoms. The number of amides is 1. The van der Waals surface area contributed by atoms with E-state index < -0.39 is 6.09 Å². The predicted octanol–water partition coefficient (Wildman–Crippen LogP) is 0.338. The summed E-state index contributed by atoms with van der Waals surface area (Å²) in [6.07, 6.45) is 1.59. The summed E-state index contributed by atoms with van der Waals surface area (Å²) in [6, 6.07) is 3.68. The van der Waals surface area contributed by atoms with E-state index in [1.54, 1.807) is 12.3 Å². The summed E-state index contributed by atoms with van der Waals surface area (Å²) in [5.74, 6) is 0.483. The second kappa shape index (κ2) is 4.26. The summed E-state index contributed by atoms with van der Waals surface area (Å²) in [7, 11) is 0. The highest BCUT2D eigenvalue weighted by Gasteiger charge is 2.25. The van der Waals surface area contributed by atoms with Crippen LogP contribution in [0.2, 0.25) is 0 Å². The predicted molar refractivity (Wildman–Crippen MR) is 59.9 cm³/mol. The minimum absolute atomic E-state index is 0.133. The average Bonchev–Trinajstić information content (AvgIpc) is 2.65.